The smallest absolute Gasteiger partial charge is 0.154 e. The molecule has 0 amide bonds. The van der Waals surface area contributed by atoms with Crippen LogP contribution in [0.5, 0.6) is 0 Å². The van der Waals surface area contributed by atoms with Gasteiger partial charge in [0.15, 0.2) is 5.82 Å². The van der Waals surface area contributed by atoms with E-state index in [-0.39, 0.29) is 6.04 Å². The molecular formula is C12H17ClN6. The summed E-state index contributed by atoms with van der Waals surface area (Å²) in [7, 11) is 1.91. The third kappa shape index (κ3) is 2.84. The molecule has 0 aliphatic rings. The molecule has 2 aromatic rings. The van der Waals surface area contributed by atoms with E-state index in [9.17, 15) is 0 Å². The Kier molecular flexibility index (Phi) is 3.99. The van der Waals surface area contributed by atoms with Crippen LogP contribution in [-0.4, -0.2) is 24.7 Å². The topological polar surface area (TPSA) is 68.5 Å². The van der Waals surface area contributed by atoms with Gasteiger partial charge in [-0.25, -0.2) is 9.97 Å². The fraction of sp³-hybridized carbons (Fsp3) is 0.500. The molecule has 2 aromatic heterocycles. The van der Waals surface area contributed by atoms with Crippen molar-refractivity contribution < 1.29 is 0 Å². The molecule has 2 rings (SSSR count). The van der Waals surface area contributed by atoms with Crippen molar-refractivity contribution in [1.82, 2.24) is 24.7 Å². The van der Waals surface area contributed by atoms with Gasteiger partial charge in [-0.15, -0.1) is 10.2 Å². The van der Waals surface area contributed by atoms with Crippen LogP contribution in [0.2, 0.25) is 5.15 Å². The Labute approximate surface area is 117 Å². The third-order valence-corrected chi connectivity index (χ3v) is 3.30. The molecule has 102 valence electrons. The maximum absolute atomic E-state index is 6.11. The molecule has 0 aliphatic heterocycles. The molecule has 1 atom stereocenters. The minimum atomic E-state index is -0.0122. The fourth-order valence-electron chi connectivity index (χ4n) is 1.79. The molecule has 1 N–H and O–H groups in total. The average molecular weight is 281 g/mol. The van der Waals surface area contributed by atoms with Gasteiger partial charge in [0.05, 0.1) is 6.04 Å². The minimum Gasteiger partial charge on any atom is -0.360 e. The van der Waals surface area contributed by atoms with E-state index in [2.05, 4.69) is 25.5 Å². The number of rotatable bonds is 4. The summed E-state index contributed by atoms with van der Waals surface area (Å²) in [6, 6.07) is -0.0122. The van der Waals surface area contributed by atoms with Crippen LogP contribution in [0, 0.1) is 6.92 Å². The summed E-state index contributed by atoms with van der Waals surface area (Å²) in [6.07, 6.45) is 2.41. The molecular weight excluding hydrogens is 264 g/mol. The summed E-state index contributed by atoms with van der Waals surface area (Å²) < 4.78 is 1.87. The molecule has 1 unspecified atom stereocenters. The number of anilines is 1. The Hall–Kier alpha value is -1.69. The first-order valence-electron chi connectivity index (χ1n) is 6.16. The zero-order valence-corrected chi connectivity index (χ0v) is 12.2. The Balaban J connectivity index is 2.28. The molecule has 6 nitrogen and oxygen atoms in total. The molecule has 0 aromatic carbocycles. The number of halogens is 1. The highest BCUT2D eigenvalue weighted by molar-refractivity contribution is 6.30. The number of hydrogen-bond donors (Lipinski definition) is 1. The molecule has 0 aliphatic carbocycles. The van der Waals surface area contributed by atoms with Crippen LogP contribution in [0.4, 0.5) is 5.82 Å². The standard InChI is InChI=1S/C12H17ClN6/c1-5-9-16-10(13)7(2)11(17-9)15-8(3)12-18-14-6-19(12)4/h6,8H,5H2,1-4H3,(H,15,16,17). The van der Waals surface area contributed by atoms with Crippen molar-refractivity contribution in [3.8, 4) is 0 Å². The lowest BCUT2D eigenvalue weighted by molar-refractivity contribution is 0.713. The van der Waals surface area contributed by atoms with Crippen molar-refractivity contribution in [1.29, 1.82) is 0 Å². The SMILES string of the molecule is CCc1nc(Cl)c(C)c(NC(C)c2nncn2C)n1. The third-order valence-electron chi connectivity index (χ3n) is 2.94. The van der Waals surface area contributed by atoms with Crippen molar-refractivity contribution in [3.05, 3.63) is 28.7 Å². The van der Waals surface area contributed by atoms with E-state index in [0.29, 0.717) is 5.15 Å². The van der Waals surface area contributed by atoms with Gasteiger partial charge < -0.3 is 9.88 Å². The number of hydrogen-bond acceptors (Lipinski definition) is 5. The van der Waals surface area contributed by atoms with E-state index >= 15 is 0 Å². The molecule has 19 heavy (non-hydrogen) atoms. The highest BCUT2D eigenvalue weighted by Gasteiger charge is 2.15. The van der Waals surface area contributed by atoms with Crippen molar-refractivity contribution in [2.45, 2.75) is 33.2 Å². The zero-order valence-electron chi connectivity index (χ0n) is 11.5. The maximum Gasteiger partial charge on any atom is 0.154 e. The van der Waals surface area contributed by atoms with E-state index < -0.39 is 0 Å². The van der Waals surface area contributed by atoms with Gasteiger partial charge in [-0.3, -0.25) is 0 Å². The lowest BCUT2D eigenvalue weighted by atomic mass is 10.2. The molecule has 0 saturated heterocycles. The number of aryl methyl sites for hydroxylation is 2. The Morgan fingerprint density at radius 1 is 1.42 bits per heavy atom. The monoisotopic (exact) mass is 280 g/mol. The molecule has 0 fully saturated rings. The first kappa shape index (κ1) is 13.7. The predicted molar refractivity (Wildman–Crippen MR) is 74.2 cm³/mol. The number of aromatic nitrogens is 5. The highest BCUT2D eigenvalue weighted by Crippen LogP contribution is 2.23. The average Bonchev–Trinajstić information content (AvgIpc) is 2.80. The van der Waals surface area contributed by atoms with E-state index in [4.69, 9.17) is 11.6 Å². The summed E-state index contributed by atoms with van der Waals surface area (Å²) >= 11 is 6.11. The van der Waals surface area contributed by atoms with Gasteiger partial charge in [-0.05, 0) is 13.8 Å². The Bertz CT molecular complexity index is 580. The molecule has 0 bridgehead atoms. The van der Waals surface area contributed by atoms with Crippen LogP contribution in [-0.2, 0) is 13.5 Å². The minimum absolute atomic E-state index is 0.0122. The van der Waals surface area contributed by atoms with Gasteiger partial charge in [0.1, 0.15) is 23.1 Å². The van der Waals surface area contributed by atoms with Crippen LogP contribution in [0.15, 0.2) is 6.33 Å². The summed E-state index contributed by atoms with van der Waals surface area (Å²) in [4.78, 5) is 8.69. The Morgan fingerprint density at radius 3 is 2.74 bits per heavy atom. The van der Waals surface area contributed by atoms with Crippen molar-refractivity contribution in [3.63, 3.8) is 0 Å². The largest absolute Gasteiger partial charge is 0.360 e. The summed E-state index contributed by atoms with van der Waals surface area (Å²) in [5, 5.41) is 11.7. The van der Waals surface area contributed by atoms with Gasteiger partial charge in [0.2, 0.25) is 0 Å². The van der Waals surface area contributed by atoms with Crippen LogP contribution >= 0.6 is 11.6 Å². The second kappa shape index (κ2) is 5.52. The van der Waals surface area contributed by atoms with E-state index in [0.717, 1.165) is 29.5 Å². The highest BCUT2D eigenvalue weighted by atomic mass is 35.5. The second-order valence-electron chi connectivity index (χ2n) is 4.42. The van der Waals surface area contributed by atoms with Crippen molar-refractivity contribution in [2.24, 2.45) is 7.05 Å². The molecule has 0 spiro atoms. The quantitative estimate of drug-likeness (QED) is 0.871. The van der Waals surface area contributed by atoms with Gasteiger partial charge in [0, 0.05) is 19.0 Å². The van der Waals surface area contributed by atoms with E-state index in [1.165, 1.54) is 0 Å². The first-order valence-corrected chi connectivity index (χ1v) is 6.54. The van der Waals surface area contributed by atoms with Crippen molar-refractivity contribution in [2.75, 3.05) is 5.32 Å². The number of nitrogens with one attached hydrogen (secondary N) is 1. The van der Waals surface area contributed by atoms with E-state index in [1.54, 1.807) is 6.33 Å². The molecule has 0 saturated carbocycles. The van der Waals surface area contributed by atoms with Crippen LogP contribution in [0.25, 0.3) is 0 Å². The maximum atomic E-state index is 6.11. The summed E-state index contributed by atoms with van der Waals surface area (Å²) in [6.45, 7) is 5.90. The predicted octanol–water partition coefficient (Wildman–Crippen LogP) is 2.30. The van der Waals surface area contributed by atoms with E-state index in [1.807, 2.05) is 32.4 Å². The van der Waals surface area contributed by atoms with Crippen molar-refractivity contribution >= 4 is 17.4 Å². The first-order chi connectivity index (χ1) is 9.02. The molecule has 2 heterocycles. The molecule has 0 radical (unpaired) electrons. The second-order valence-corrected chi connectivity index (χ2v) is 4.78. The lowest BCUT2D eigenvalue weighted by Crippen LogP contribution is -2.14. The van der Waals surface area contributed by atoms with Crippen LogP contribution in [0.1, 0.15) is 37.1 Å². The lowest BCUT2D eigenvalue weighted by Gasteiger charge is -2.16. The molecule has 7 heteroatoms. The van der Waals surface area contributed by atoms with Crippen LogP contribution in [0.3, 0.4) is 0 Å². The van der Waals surface area contributed by atoms with Gasteiger partial charge in [0.25, 0.3) is 0 Å². The Morgan fingerprint density at radius 2 is 2.16 bits per heavy atom. The summed E-state index contributed by atoms with van der Waals surface area (Å²) in [5.41, 5.74) is 0.841. The normalized spacial score (nSPS) is 12.5. The van der Waals surface area contributed by atoms with Gasteiger partial charge >= 0.3 is 0 Å². The number of nitrogens with zero attached hydrogens (tertiary/aromatic N) is 5. The van der Waals surface area contributed by atoms with Gasteiger partial charge in [-0.1, -0.05) is 18.5 Å². The summed E-state index contributed by atoms with van der Waals surface area (Å²) in [5.74, 6) is 2.31. The van der Waals surface area contributed by atoms with Crippen LogP contribution < -0.4 is 5.32 Å². The van der Waals surface area contributed by atoms with Gasteiger partial charge in [-0.2, -0.15) is 0 Å². The fourth-order valence-corrected chi connectivity index (χ4v) is 1.97. The zero-order chi connectivity index (χ0) is 14.0.